The van der Waals surface area contributed by atoms with Gasteiger partial charge in [0.15, 0.2) is 5.65 Å². The maximum atomic E-state index is 12.3. The molecule has 0 unspecified atom stereocenters. The van der Waals surface area contributed by atoms with Crippen LogP contribution >= 0.6 is 0 Å². The molecule has 3 aromatic heterocycles. The third kappa shape index (κ3) is 3.93. The molecule has 3 aromatic rings. The van der Waals surface area contributed by atoms with E-state index < -0.39 is 0 Å². The zero-order valence-electron chi connectivity index (χ0n) is 14.9. The predicted octanol–water partition coefficient (Wildman–Crippen LogP) is 2.38. The van der Waals surface area contributed by atoms with E-state index in [0.29, 0.717) is 24.3 Å². The third-order valence-corrected chi connectivity index (χ3v) is 3.83. The lowest BCUT2D eigenvalue weighted by atomic mass is 10.1. The first-order chi connectivity index (χ1) is 11.9. The lowest BCUT2D eigenvalue weighted by molar-refractivity contribution is -0.116. The fraction of sp³-hybridized carbons (Fsp3) is 0.333. The Morgan fingerprint density at radius 1 is 1.20 bits per heavy atom. The van der Waals surface area contributed by atoms with Crippen LogP contribution < -0.4 is 10.2 Å². The van der Waals surface area contributed by atoms with Gasteiger partial charge in [0.05, 0.1) is 5.69 Å². The summed E-state index contributed by atoms with van der Waals surface area (Å²) in [5, 5.41) is 7.32. The molecule has 0 aliphatic heterocycles. The highest BCUT2D eigenvalue weighted by Crippen LogP contribution is 2.19. The number of rotatable bonds is 5. The van der Waals surface area contributed by atoms with Gasteiger partial charge in [0, 0.05) is 45.0 Å². The molecule has 0 fully saturated rings. The van der Waals surface area contributed by atoms with Crippen molar-refractivity contribution in [3.63, 3.8) is 0 Å². The van der Waals surface area contributed by atoms with Crippen molar-refractivity contribution in [3.05, 3.63) is 47.4 Å². The van der Waals surface area contributed by atoms with Crippen molar-refractivity contribution in [3.8, 4) is 0 Å². The van der Waals surface area contributed by atoms with Gasteiger partial charge in [0.1, 0.15) is 11.6 Å². The summed E-state index contributed by atoms with van der Waals surface area (Å²) < 4.78 is 1.77. The van der Waals surface area contributed by atoms with Crippen molar-refractivity contribution < 1.29 is 4.79 Å². The van der Waals surface area contributed by atoms with Crippen molar-refractivity contribution in [2.24, 2.45) is 0 Å². The number of anilines is 2. The Morgan fingerprint density at radius 3 is 2.72 bits per heavy atom. The summed E-state index contributed by atoms with van der Waals surface area (Å²) in [5.74, 6) is 1.32. The van der Waals surface area contributed by atoms with Crippen LogP contribution in [0, 0.1) is 13.8 Å². The molecule has 25 heavy (non-hydrogen) atoms. The Morgan fingerprint density at radius 2 is 2.00 bits per heavy atom. The molecule has 0 saturated heterocycles. The normalized spacial score (nSPS) is 10.9. The molecule has 7 nitrogen and oxygen atoms in total. The molecule has 3 rings (SSSR count). The zero-order chi connectivity index (χ0) is 18.0. The van der Waals surface area contributed by atoms with E-state index in [-0.39, 0.29) is 5.91 Å². The molecular weight excluding hydrogens is 316 g/mol. The van der Waals surface area contributed by atoms with E-state index in [2.05, 4.69) is 20.4 Å². The highest BCUT2D eigenvalue weighted by Gasteiger charge is 2.12. The summed E-state index contributed by atoms with van der Waals surface area (Å²) in [4.78, 5) is 22.9. The van der Waals surface area contributed by atoms with Gasteiger partial charge in [-0.15, -0.1) is 0 Å². The number of pyridine rings is 1. The summed E-state index contributed by atoms with van der Waals surface area (Å²) in [5.41, 5.74) is 3.74. The van der Waals surface area contributed by atoms with E-state index in [1.165, 1.54) is 0 Å². The molecule has 7 heteroatoms. The van der Waals surface area contributed by atoms with Crippen molar-refractivity contribution in [2.45, 2.75) is 26.7 Å². The van der Waals surface area contributed by atoms with Crippen LogP contribution in [-0.4, -0.2) is 39.6 Å². The third-order valence-electron chi connectivity index (χ3n) is 3.83. The van der Waals surface area contributed by atoms with Gasteiger partial charge in [0.2, 0.25) is 5.91 Å². The van der Waals surface area contributed by atoms with Crippen molar-refractivity contribution in [1.29, 1.82) is 0 Å². The molecule has 0 bridgehead atoms. The minimum absolute atomic E-state index is 0.0701. The Kier molecular flexibility index (Phi) is 4.65. The van der Waals surface area contributed by atoms with Crippen LogP contribution in [0.2, 0.25) is 0 Å². The number of carbonyl (C=O) groups is 1. The van der Waals surface area contributed by atoms with E-state index in [1.807, 2.05) is 51.0 Å². The fourth-order valence-corrected chi connectivity index (χ4v) is 2.67. The lowest BCUT2D eigenvalue weighted by Gasteiger charge is -2.15. The number of carbonyl (C=O) groups excluding carboxylic acids is 1. The lowest BCUT2D eigenvalue weighted by Crippen LogP contribution is -2.17. The standard InChI is InChI=1S/C18H22N6O/c1-12-7-14(11-19-10-12)5-6-17(25)21-15-9-18(23(3)4)24-16(20-15)8-13(2)22-24/h7-11H,5-6H2,1-4H3,(H,20,21,25). The van der Waals surface area contributed by atoms with Gasteiger partial charge in [0.25, 0.3) is 0 Å². The minimum atomic E-state index is -0.0701. The van der Waals surface area contributed by atoms with Gasteiger partial charge in [-0.1, -0.05) is 6.07 Å². The van der Waals surface area contributed by atoms with E-state index >= 15 is 0 Å². The number of nitrogens with one attached hydrogen (secondary N) is 1. The first-order valence-electron chi connectivity index (χ1n) is 8.17. The van der Waals surface area contributed by atoms with Crippen LogP contribution in [0.4, 0.5) is 11.6 Å². The van der Waals surface area contributed by atoms with Gasteiger partial charge < -0.3 is 10.2 Å². The first kappa shape index (κ1) is 16.9. The molecule has 0 aliphatic carbocycles. The number of aromatic nitrogens is 4. The molecule has 3 heterocycles. The molecule has 0 aliphatic rings. The Bertz CT molecular complexity index is 915. The fourth-order valence-electron chi connectivity index (χ4n) is 2.67. The maximum Gasteiger partial charge on any atom is 0.225 e. The molecule has 1 amide bonds. The van der Waals surface area contributed by atoms with E-state index in [1.54, 1.807) is 16.9 Å². The Hall–Kier alpha value is -2.96. The molecule has 0 aromatic carbocycles. The topological polar surface area (TPSA) is 75.4 Å². The number of nitrogens with zero attached hydrogens (tertiary/aromatic N) is 5. The van der Waals surface area contributed by atoms with Crippen molar-refractivity contribution in [1.82, 2.24) is 19.6 Å². The first-order valence-corrected chi connectivity index (χ1v) is 8.17. The Balaban J connectivity index is 1.74. The predicted molar refractivity (Wildman–Crippen MR) is 98.0 cm³/mol. The Labute approximate surface area is 146 Å². The van der Waals surface area contributed by atoms with Gasteiger partial charge in [-0.05, 0) is 31.4 Å². The van der Waals surface area contributed by atoms with E-state index in [4.69, 9.17) is 0 Å². The monoisotopic (exact) mass is 338 g/mol. The number of hydrogen-bond donors (Lipinski definition) is 1. The molecule has 1 N–H and O–H groups in total. The second-order valence-electron chi connectivity index (χ2n) is 6.37. The molecule has 0 saturated carbocycles. The van der Waals surface area contributed by atoms with Gasteiger partial charge >= 0.3 is 0 Å². The van der Waals surface area contributed by atoms with Crippen LogP contribution in [0.5, 0.6) is 0 Å². The molecule has 0 spiro atoms. The summed E-state index contributed by atoms with van der Waals surface area (Å²) >= 11 is 0. The molecule has 130 valence electrons. The van der Waals surface area contributed by atoms with Gasteiger partial charge in [-0.2, -0.15) is 9.61 Å². The van der Waals surface area contributed by atoms with Crippen LogP contribution in [0.25, 0.3) is 5.65 Å². The van der Waals surface area contributed by atoms with Gasteiger partial charge in [-0.25, -0.2) is 4.98 Å². The zero-order valence-corrected chi connectivity index (χ0v) is 14.9. The number of hydrogen-bond acceptors (Lipinski definition) is 5. The molecule has 0 radical (unpaired) electrons. The van der Waals surface area contributed by atoms with Gasteiger partial charge in [-0.3, -0.25) is 9.78 Å². The van der Waals surface area contributed by atoms with Crippen LogP contribution in [0.3, 0.4) is 0 Å². The second-order valence-corrected chi connectivity index (χ2v) is 6.37. The minimum Gasteiger partial charge on any atom is -0.363 e. The average Bonchev–Trinajstić information content (AvgIpc) is 2.92. The largest absolute Gasteiger partial charge is 0.363 e. The highest BCUT2D eigenvalue weighted by atomic mass is 16.1. The molecular formula is C18H22N6O. The van der Waals surface area contributed by atoms with E-state index in [0.717, 1.165) is 22.6 Å². The maximum absolute atomic E-state index is 12.3. The van der Waals surface area contributed by atoms with Crippen molar-refractivity contribution >= 4 is 23.2 Å². The quantitative estimate of drug-likeness (QED) is 0.773. The highest BCUT2D eigenvalue weighted by molar-refractivity contribution is 5.90. The second kappa shape index (κ2) is 6.88. The average molecular weight is 338 g/mol. The summed E-state index contributed by atoms with van der Waals surface area (Å²) in [6.45, 7) is 3.91. The smallest absolute Gasteiger partial charge is 0.225 e. The number of amides is 1. The van der Waals surface area contributed by atoms with Crippen molar-refractivity contribution in [2.75, 3.05) is 24.3 Å². The van der Waals surface area contributed by atoms with E-state index in [9.17, 15) is 4.79 Å². The SMILES string of the molecule is Cc1cncc(CCC(=O)Nc2cc(N(C)C)n3nc(C)cc3n2)c1. The van der Waals surface area contributed by atoms with Crippen LogP contribution in [0.1, 0.15) is 23.2 Å². The summed E-state index contributed by atoms with van der Waals surface area (Å²) in [6.07, 6.45) is 4.63. The van der Waals surface area contributed by atoms with Crippen LogP contribution in [-0.2, 0) is 11.2 Å². The summed E-state index contributed by atoms with van der Waals surface area (Å²) in [6, 6.07) is 5.76. The van der Waals surface area contributed by atoms with Crippen LogP contribution in [0.15, 0.2) is 30.6 Å². The number of fused-ring (bicyclic) bond motifs is 1. The number of aryl methyl sites for hydroxylation is 3. The molecule has 0 atom stereocenters. The summed E-state index contributed by atoms with van der Waals surface area (Å²) in [7, 11) is 3.87.